The molecule has 0 saturated heterocycles. The normalized spacial score (nSPS) is 14.2. The van der Waals surface area contributed by atoms with Gasteiger partial charge in [0, 0.05) is 6.08 Å². The first-order valence-electron chi connectivity index (χ1n) is 8.36. The van der Waals surface area contributed by atoms with Gasteiger partial charge < -0.3 is 4.74 Å². The second-order valence-corrected chi connectivity index (χ2v) is 6.78. The third kappa shape index (κ3) is 13.7. The van der Waals surface area contributed by atoms with Crippen LogP contribution in [0.3, 0.4) is 0 Å². The molecule has 0 aromatic heterocycles. The van der Waals surface area contributed by atoms with Crippen molar-refractivity contribution in [3.05, 3.63) is 23.8 Å². The van der Waals surface area contributed by atoms with Crippen LogP contribution in [0, 0.1) is 11.8 Å². The molecule has 0 bridgehead atoms. The number of ether oxygens (including phenoxy) is 1. The van der Waals surface area contributed by atoms with Gasteiger partial charge in [-0.25, -0.2) is 4.79 Å². The van der Waals surface area contributed by atoms with Gasteiger partial charge in [0.15, 0.2) is 0 Å². The topological polar surface area (TPSA) is 26.3 Å². The van der Waals surface area contributed by atoms with Gasteiger partial charge in [0.05, 0.1) is 6.10 Å². The van der Waals surface area contributed by atoms with Crippen LogP contribution in [0.2, 0.25) is 0 Å². The Morgan fingerprint density at radius 3 is 2.29 bits per heavy atom. The largest absolute Gasteiger partial charge is 0.460 e. The fraction of sp³-hybridized carbons (Fsp3) is 0.737. The summed E-state index contributed by atoms with van der Waals surface area (Å²) < 4.78 is 5.08. The second kappa shape index (κ2) is 11.6. The molecule has 0 saturated carbocycles. The van der Waals surface area contributed by atoms with Crippen molar-refractivity contribution in [2.24, 2.45) is 11.8 Å². The molecule has 0 aliphatic rings. The van der Waals surface area contributed by atoms with Crippen molar-refractivity contribution < 1.29 is 9.53 Å². The van der Waals surface area contributed by atoms with Crippen molar-refractivity contribution in [1.82, 2.24) is 0 Å². The Hall–Kier alpha value is -1.05. The lowest BCUT2D eigenvalue weighted by Gasteiger charge is -2.10. The Kier molecular flexibility index (Phi) is 11.0. The van der Waals surface area contributed by atoms with Crippen molar-refractivity contribution >= 4 is 5.97 Å². The van der Waals surface area contributed by atoms with Crippen molar-refractivity contribution in [3.63, 3.8) is 0 Å². The van der Waals surface area contributed by atoms with Gasteiger partial charge in [-0.3, -0.25) is 0 Å². The van der Waals surface area contributed by atoms with Crippen molar-refractivity contribution in [2.75, 3.05) is 0 Å². The third-order valence-corrected chi connectivity index (χ3v) is 3.38. The zero-order valence-electron chi connectivity index (χ0n) is 14.8. The molecule has 0 N–H and O–H groups in total. The lowest BCUT2D eigenvalue weighted by molar-refractivity contribution is -0.141. The van der Waals surface area contributed by atoms with E-state index in [1.165, 1.54) is 25.7 Å². The summed E-state index contributed by atoms with van der Waals surface area (Å²) in [5.41, 5.74) is 0.952. The van der Waals surface area contributed by atoms with Gasteiger partial charge in [-0.15, -0.1) is 0 Å². The fourth-order valence-electron chi connectivity index (χ4n) is 2.17. The van der Waals surface area contributed by atoms with E-state index < -0.39 is 0 Å². The monoisotopic (exact) mass is 294 g/mol. The predicted molar refractivity (Wildman–Crippen MR) is 91.2 cm³/mol. The molecule has 1 atom stereocenters. The molecule has 1 unspecified atom stereocenters. The minimum absolute atomic E-state index is 0.0581. The van der Waals surface area contributed by atoms with E-state index in [4.69, 9.17) is 4.74 Å². The Morgan fingerprint density at radius 1 is 1.05 bits per heavy atom. The molecule has 0 aromatic rings. The average molecular weight is 294 g/mol. The standard InChI is InChI=1S/C19H34O2/c1-15(2)10-9-13-17(5)11-7-8-12-18(6)14-19(20)21-16(3)4/h8,12,14-17H,7,9-11,13H2,1-6H3/b12-8+,18-14+. The third-order valence-electron chi connectivity index (χ3n) is 3.38. The van der Waals surface area contributed by atoms with Crippen LogP contribution in [0.5, 0.6) is 0 Å². The van der Waals surface area contributed by atoms with Crippen LogP contribution in [-0.4, -0.2) is 12.1 Å². The molecule has 0 rings (SSSR count). The van der Waals surface area contributed by atoms with Crippen LogP contribution < -0.4 is 0 Å². The summed E-state index contributed by atoms with van der Waals surface area (Å²) in [5, 5.41) is 0. The van der Waals surface area contributed by atoms with E-state index in [2.05, 4.69) is 26.8 Å². The van der Waals surface area contributed by atoms with Crippen LogP contribution in [0.25, 0.3) is 0 Å². The van der Waals surface area contributed by atoms with Gasteiger partial charge in [0.1, 0.15) is 0 Å². The van der Waals surface area contributed by atoms with Gasteiger partial charge in [-0.2, -0.15) is 0 Å². The smallest absolute Gasteiger partial charge is 0.331 e. The van der Waals surface area contributed by atoms with E-state index in [9.17, 15) is 4.79 Å². The van der Waals surface area contributed by atoms with Crippen molar-refractivity contribution in [2.45, 2.75) is 79.8 Å². The molecule has 0 heterocycles. The van der Waals surface area contributed by atoms with E-state index in [-0.39, 0.29) is 12.1 Å². The Bertz CT molecular complexity index is 337. The van der Waals surface area contributed by atoms with E-state index in [1.807, 2.05) is 26.8 Å². The number of carbonyl (C=O) groups excluding carboxylic acids is 1. The van der Waals surface area contributed by atoms with Gasteiger partial charge in [-0.1, -0.05) is 52.2 Å². The molecule has 0 aliphatic carbocycles. The van der Waals surface area contributed by atoms with Crippen LogP contribution >= 0.6 is 0 Å². The molecule has 0 spiro atoms. The number of rotatable bonds is 10. The summed E-state index contributed by atoms with van der Waals surface area (Å²) in [6.45, 7) is 12.6. The van der Waals surface area contributed by atoms with Crippen LogP contribution in [-0.2, 0) is 9.53 Å². The molecular formula is C19H34O2. The maximum atomic E-state index is 11.4. The Labute approximate surface area is 131 Å². The molecular weight excluding hydrogens is 260 g/mol. The van der Waals surface area contributed by atoms with E-state index in [0.717, 1.165) is 23.8 Å². The highest BCUT2D eigenvalue weighted by atomic mass is 16.5. The molecule has 0 aromatic carbocycles. The first-order chi connectivity index (χ1) is 9.81. The molecule has 21 heavy (non-hydrogen) atoms. The summed E-state index contributed by atoms with van der Waals surface area (Å²) in [4.78, 5) is 11.4. The highest BCUT2D eigenvalue weighted by molar-refractivity contribution is 5.83. The zero-order valence-corrected chi connectivity index (χ0v) is 14.8. The summed E-state index contributed by atoms with van der Waals surface area (Å²) in [5.74, 6) is 1.34. The first-order valence-corrected chi connectivity index (χ1v) is 8.36. The lowest BCUT2D eigenvalue weighted by Crippen LogP contribution is -2.08. The molecule has 122 valence electrons. The molecule has 0 aliphatic heterocycles. The maximum absolute atomic E-state index is 11.4. The highest BCUT2D eigenvalue weighted by Gasteiger charge is 2.03. The van der Waals surface area contributed by atoms with Crippen molar-refractivity contribution in [1.29, 1.82) is 0 Å². The number of allylic oxidation sites excluding steroid dienone is 3. The van der Waals surface area contributed by atoms with Gasteiger partial charge in [-0.05, 0) is 51.0 Å². The molecule has 2 heteroatoms. The summed E-state index contributed by atoms with van der Waals surface area (Å²) >= 11 is 0. The first kappa shape index (κ1) is 19.9. The zero-order chi connectivity index (χ0) is 16.3. The van der Waals surface area contributed by atoms with Crippen LogP contribution in [0.4, 0.5) is 0 Å². The van der Waals surface area contributed by atoms with E-state index >= 15 is 0 Å². The second-order valence-electron chi connectivity index (χ2n) is 6.78. The predicted octanol–water partition coefficient (Wildman–Crippen LogP) is 5.68. The number of carbonyl (C=O) groups is 1. The van der Waals surface area contributed by atoms with Crippen LogP contribution in [0.15, 0.2) is 23.8 Å². The van der Waals surface area contributed by atoms with Crippen LogP contribution in [0.1, 0.15) is 73.6 Å². The van der Waals surface area contributed by atoms with Gasteiger partial charge >= 0.3 is 5.97 Å². The fourth-order valence-corrected chi connectivity index (χ4v) is 2.17. The number of hydrogen-bond acceptors (Lipinski definition) is 2. The number of hydrogen-bond donors (Lipinski definition) is 0. The summed E-state index contributed by atoms with van der Waals surface area (Å²) in [7, 11) is 0. The van der Waals surface area contributed by atoms with Gasteiger partial charge in [0.2, 0.25) is 0 Å². The Morgan fingerprint density at radius 2 is 1.71 bits per heavy atom. The quantitative estimate of drug-likeness (QED) is 0.294. The lowest BCUT2D eigenvalue weighted by atomic mass is 9.96. The minimum atomic E-state index is -0.255. The summed E-state index contributed by atoms with van der Waals surface area (Å²) in [6, 6.07) is 0. The maximum Gasteiger partial charge on any atom is 0.331 e. The van der Waals surface area contributed by atoms with Crippen molar-refractivity contribution in [3.8, 4) is 0 Å². The highest BCUT2D eigenvalue weighted by Crippen LogP contribution is 2.17. The molecule has 0 radical (unpaired) electrons. The molecule has 0 fully saturated rings. The average Bonchev–Trinajstić information content (AvgIpc) is 2.33. The molecule has 2 nitrogen and oxygen atoms in total. The Balaban J connectivity index is 3.89. The van der Waals surface area contributed by atoms with E-state index in [0.29, 0.717) is 0 Å². The SMILES string of the molecule is CC(/C=C/CCC(C)CCCC(C)C)=C\C(=O)OC(C)C. The molecule has 0 amide bonds. The summed E-state index contributed by atoms with van der Waals surface area (Å²) in [6.07, 6.45) is 12.0. The van der Waals surface area contributed by atoms with Gasteiger partial charge in [0.25, 0.3) is 0 Å². The van der Waals surface area contributed by atoms with E-state index in [1.54, 1.807) is 6.08 Å². The number of esters is 1. The minimum Gasteiger partial charge on any atom is -0.460 e.